The Kier molecular flexibility index (Phi) is 3.37. The number of nitrogens with one attached hydrogen (secondary N) is 2. The summed E-state index contributed by atoms with van der Waals surface area (Å²) in [5, 5.41) is 10.3. The standard InChI is InChI=1S/C14H19N5/c1-18-8-10-19(11-9-18)13-5-3-2-4-12(13)16-14-6-7-15-17-14/h2-7H,8-11H2,1H3,(H2,15,16,17). The molecule has 0 aliphatic carbocycles. The third-order valence-electron chi connectivity index (χ3n) is 3.52. The van der Waals surface area contributed by atoms with E-state index >= 15 is 0 Å². The Morgan fingerprint density at radius 1 is 1.11 bits per heavy atom. The zero-order valence-electron chi connectivity index (χ0n) is 11.1. The normalized spacial score (nSPS) is 16.6. The average molecular weight is 257 g/mol. The molecule has 1 saturated heterocycles. The molecule has 100 valence electrons. The van der Waals surface area contributed by atoms with E-state index in [1.807, 2.05) is 6.07 Å². The van der Waals surface area contributed by atoms with E-state index in [-0.39, 0.29) is 0 Å². The summed E-state index contributed by atoms with van der Waals surface area (Å²) in [6.45, 7) is 4.35. The first kappa shape index (κ1) is 12.0. The van der Waals surface area contributed by atoms with Gasteiger partial charge in [0.05, 0.1) is 17.6 Å². The highest BCUT2D eigenvalue weighted by Gasteiger charge is 2.16. The minimum Gasteiger partial charge on any atom is -0.367 e. The number of hydrogen-bond acceptors (Lipinski definition) is 4. The van der Waals surface area contributed by atoms with Crippen LogP contribution >= 0.6 is 0 Å². The zero-order valence-corrected chi connectivity index (χ0v) is 11.1. The zero-order chi connectivity index (χ0) is 13.1. The molecule has 1 fully saturated rings. The van der Waals surface area contributed by atoms with Gasteiger partial charge in [-0.25, -0.2) is 0 Å². The molecule has 2 heterocycles. The van der Waals surface area contributed by atoms with E-state index < -0.39 is 0 Å². The van der Waals surface area contributed by atoms with E-state index in [1.54, 1.807) is 6.20 Å². The fourth-order valence-electron chi connectivity index (χ4n) is 2.37. The first-order valence-corrected chi connectivity index (χ1v) is 6.62. The molecule has 1 aliphatic rings. The summed E-state index contributed by atoms with van der Waals surface area (Å²) >= 11 is 0. The van der Waals surface area contributed by atoms with E-state index in [0.29, 0.717) is 0 Å². The van der Waals surface area contributed by atoms with Crippen LogP contribution in [0.1, 0.15) is 0 Å². The van der Waals surface area contributed by atoms with Crippen LogP contribution in [0.15, 0.2) is 36.5 Å². The molecule has 2 aromatic rings. The van der Waals surface area contributed by atoms with E-state index in [1.165, 1.54) is 5.69 Å². The van der Waals surface area contributed by atoms with E-state index in [9.17, 15) is 0 Å². The van der Waals surface area contributed by atoms with Gasteiger partial charge in [0.1, 0.15) is 5.82 Å². The predicted octanol–water partition coefficient (Wildman–Crippen LogP) is 1.91. The van der Waals surface area contributed by atoms with Crippen LogP contribution in [0.3, 0.4) is 0 Å². The third kappa shape index (κ3) is 2.71. The third-order valence-corrected chi connectivity index (χ3v) is 3.52. The number of aromatic nitrogens is 2. The van der Waals surface area contributed by atoms with Gasteiger partial charge in [0.2, 0.25) is 0 Å². The molecule has 0 atom stereocenters. The summed E-state index contributed by atoms with van der Waals surface area (Å²) in [5.74, 6) is 0.918. The Balaban J connectivity index is 1.81. The number of H-pyrrole nitrogens is 1. The van der Waals surface area contributed by atoms with Gasteiger partial charge in [-0.1, -0.05) is 12.1 Å². The Morgan fingerprint density at radius 2 is 1.89 bits per heavy atom. The quantitative estimate of drug-likeness (QED) is 0.881. The summed E-state index contributed by atoms with van der Waals surface area (Å²) < 4.78 is 0. The molecule has 3 rings (SSSR count). The molecule has 0 spiro atoms. The van der Waals surface area contributed by atoms with Gasteiger partial charge in [-0.3, -0.25) is 5.10 Å². The van der Waals surface area contributed by atoms with Crippen molar-refractivity contribution in [2.75, 3.05) is 43.4 Å². The van der Waals surface area contributed by atoms with Crippen LogP contribution in [0.5, 0.6) is 0 Å². The number of likely N-dealkylation sites (N-methyl/N-ethyl adjacent to an activating group) is 1. The molecule has 0 amide bonds. The number of anilines is 3. The highest BCUT2D eigenvalue weighted by molar-refractivity contribution is 5.74. The number of hydrogen-bond donors (Lipinski definition) is 2. The first-order chi connectivity index (χ1) is 9.33. The van der Waals surface area contributed by atoms with Crippen molar-refractivity contribution in [3.05, 3.63) is 36.5 Å². The number of benzene rings is 1. The lowest BCUT2D eigenvalue weighted by molar-refractivity contribution is 0.313. The van der Waals surface area contributed by atoms with Crippen molar-refractivity contribution >= 4 is 17.2 Å². The highest BCUT2D eigenvalue weighted by atomic mass is 15.3. The van der Waals surface area contributed by atoms with Gasteiger partial charge in [0.25, 0.3) is 0 Å². The second kappa shape index (κ2) is 5.32. The molecule has 2 N–H and O–H groups in total. The summed E-state index contributed by atoms with van der Waals surface area (Å²) in [6.07, 6.45) is 1.75. The second-order valence-electron chi connectivity index (χ2n) is 4.90. The van der Waals surface area contributed by atoms with Gasteiger partial charge >= 0.3 is 0 Å². The lowest BCUT2D eigenvalue weighted by Crippen LogP contribution is -2.44. The summed E-state index contributed by atoms with van der Waals surface area (Å²) in [6, 6.07) is 10.4. The van der Waals surface area contributed by atoms with Crippen LogP contribution in [0.25, 0.3) is 0 Å². The second-order valence-corrected chi connectivity index (χ2v) is 4.90. The number of rotatable bonds is 3. The lowest BCUT2D eigenvalue weighted by atomic mass is 10.2. The number of para-hydroxylation sites is 2. The van der Waals surface area contributed by atoms with Gasteiger partial charge in [0.15, 0.2) is 0 Å². The molecule has 0 unspecified atom stereocenters. The molecule has 5 heteroatoms. The van der Waals surface area contributed by atoms with E-state index in [4.69, 9.17) is 0 Å². The van der Waals surface area contributed by atoms with Gasteiger partial charge in [0, 0.05) is 32.2 Å². The van der Waals surface area contributed by atoms with Crippen molar-refractivity contribution in [2.45, 2.75) is 0 Å². The van der Waals surface area contributed by atoms with Crippen LogP contribution < -0.4 is 10.2 Å². The fourth-order valence-corrected chi connectivity index (χ4v) is 2.37. The molecule has 1 aliphatic heterocycles. The molecule has 1 aromatic heterocycles. The Labute approximate surface area is 113 Å². The van der Waals surface area contributed by atoms with Crippen LogP contribution in [0.2, 0.25) is 0 Å². The van der Waals surface area contributed by atoms with E-state index in [0.717, 1.165) is 37.7 Å². The average Bonchev–Trinajstić information content (AvgIpc) is 2.93. The summed E-state index contributed by atoms with van der Waals surface area (Å²) in [7, 11) is 2.17. The molecule has 5 nitrogen and oxygen atoms in total. The Morgan fingerprint density at radius 3 is 2.63 bits per heavy atom. The monoisotopic (exact) mass is 257 g/mol. The van der Waals surface area contributed by atoms with Gasteiger partial charge in [-0.15, -0.1) is 0 Å². The maximum absolute atomic E-state index is 3.96. The minimum atomic E-state index is 0.918. The van der Waals surface area contributed by atoms with Crippen molar-refractivity contribution in [3.63, 3.8) is 0 Å². The Bertz CT molecular complexity index is 514. The lowest BCUT2D eigenvalue weighted by Gasteiger charge is -2.35. The van der Waals surface area contributed by atoms with Crippen LogP contribution in [-0.2, 0) is 0 Å². The number of piperazine rings is 1. The van der Waals surface area contributed by atoms with Crippen molar-refractivity contribution in [1.29, 1.82) is 0 Å². The van der Waals surface area contributed by atoms with Crippen molar-refractivity contribution in [3.8, 4) is 0 Å². The van der Waals surface area contributed by atoms with Crippen LogP contribution in [-0.4, -0.2) is 48.3 Å². The van der Waals surface area contributed by atoms with Gasteiger partial charge < -0.3 is 15.1 Å². The molecule has 0 saturated carbocycles. The van der Waals surface area contributed by atoms with Crippen molar-refractivity contribution in [1.82, 2.24) is 15.1 Å². The molecule has 0 radical (unpaired) electrons. The fraction of sp³-hybridized carbons (Fsp3) is 0.357. The SMILES string of the molecule is CN1CCN(c2ccccc2Nc2ccn[nH]2)CC1. The van der Waals surface area contributed by atoms with Crippen molar-refractivity contribution in [2.24, 2.45) is 0 Å². The van der Waals surface area contributed by atoms with Gasteiger partial charge in [-0.2, -0.15) is 5.10 Å². The molecular weight excluding hydrogens is 238 g/mol. The smallest absolute Gasteiger partial charge is 0.125 e. The number of nitrogens with zero attached hydrogens (tertiary/aromatic N) is 3. The minimum absolute atomic E-state index is 0.918. The largest absolute Gasteiger partial charge is 0.367 e. The summed E-state index contributed by atoms with van der Waals surface area (Å²) in [4.78, 5) is 4.79. The molecule has 0 bridgehead atoms. The maximum atomic E-state index is 3.96. The Hall–Kier alpha value is -2.01. The van der Waals surface area contributed by atoms with Crippen LogP contribution in [0, 0.1) is 0 Å². The number of aromatic amines is 1. The van der Waals surface area contributed by atoms with Crippen LogP contribution in [0.4, 0.5) is 17.2 Å². The van der Waals surface area contributed by atoms with E-state index in [2.05, 4.69) is 56.6 Å². The predicted molar refractivity (Wildman–Crippen MR) is 78.0 cm³/mol. The summed E-state index contributed by atoms with van der Waals surface area (Å²) in [5.41, 5.74) is 2.38. The molecular formula is C14H19N5. The maximum Gasteiger partial charge on any atom is 0.125 e. The molecule has 1 aromatic carbocycles. The molecule has 19 heavy (non-hydrogen) atoms. The van der Waals surface area contributed by atoms with Crippen molar-refractivity contribution < 1.29 is 0 Å². The first-order valence-electron chi connectivity index (χ1n) is 6.62. The topological polar surface area (TPSA) is 47.2 Å². The highest BCUT2D eigenvalue weighted by Crippen LogP contribution is 2.28. The van der Waals surface area contributed by atoms with Gasteiger partial charge in [-0.05, 0) is 19.2 Å².